The number of ether oxygens (including phenoxy) is 2. The fourth-order valence-corrected chi connectivity index (χ4v) is 0.687. The van der Waals surface area contributed by atoms with Crippen molar-refractivity contribution in [3.63, 3.8) is 0 Å². The second-order valence-corrected chi connectivity index (χ2v) is 2.78. The van der Waals surface area contributed by atoms with E-state index in [-0.39, 0.29) is 5.60 Å². The van der Waals surface area contributed by atoms with Crippen LogP contribution in [0.25, 0.3) is 0 Å². The van der Waals surface area contributed by atoms with E-state index in [1.54, 1.807) is 13.4 Å². The Hall–Kier alpha value is -0.920. The first-order valence-corrected chi connectivity index (χ1v) is 3.25. The predicted molar refractivity (Wildman–Crippen MR) is 39.4 cm³/mol. The Morgan fingerprint density at radius 3 is 2.60 bits per heavy atom. The minimum absolute atomic E-state index is 0.179. The third kappa shape index (κ3) is 1.53. The van der Waals surface area contributed by atoms with Crippen molar-refractivity contribution in [2.24, 2.45) is 0 Å². The molecule has 0 N–H and O–H groups in total. The fraction of sp³-hybridized carbons (Fsp3) is 0.500. The lowest BCUT2D eigenvalue weighted by Gasteiger charge is -2.23. The molecule has 2 nitrogen and oxygen atoms in total. The Labute approximate surface area is 61.1 Å². The van der Waals surface area contributed by atoms with Gasteiger partial charge in [-0.1, -0.05) is 0 Å². The van der Waals surface area contributed by atoms with E-state index in [0.717, 1.165) is 5.76 Å². The molecular weight excluding hydrogens is 128 g/mol. The highest BCUT2D eigenvalue weighted by Crippen LogP contribution is 2.18. The molecule has 1 aliphatic rings. The molecule has 0 unspecified atom stereocenters. The highest BCUT2D eigenvalue weighted by Gasteiger charge is 2.16. The monoisotopic (exact) mass is 140 g/mol. The smallest absolute Gasteiger partial charge is 0.153 e. The van der Waals surface area contributed by atoms with Crippen molar-refractivity contribution >= 4 is 0 Å². The van der Waals surface area contributed by atoms with Gasteiger partial charge >= 0.3 is 0 Å². The van der Waals surface area contributed by atoms with Gasteiger partial charge in [0.2, 0.25) is 0 Å². The molecule has 1 aliphatic heterocycles. The van der Waals surface area contributed by atoms with Gasteiger partial charge in [-0.05, 0) is 26.0 Å². The zero-order chi connectivity index (χ0) is 7.61. The van der Waals surface area contributed by atoms with Gasteiger partial charge in [-0.3, -0.25) is 0 Å². The molecule has 0 saturated heterocycles. The van der Waals surface area contributed by atoms with Gasteiger partial charge in [0.25, 0.3) is 0 Å². The first kappa shape index (κ1) is 7.19. The topological polar surface area (TPSA) is 18.5 Å². The number of rotatable bonds is 1. The first-order valence-electron chi connectivity index (χ1n) is 3.25. The predicted octanol–water partition coefficient (Wildman–Crippen LogP) is 1.84. The van der Waals surface area contributed by atoms with Crippen LogP contribution in [0.3, 0.4) is 0 Å². The molecule has 0 amide bonds. The maximum Gasteiger partial charge on any atom is 0.153 e. The molecule has 0 aromatic rings. The summed E-state index contributed by atoms with van der Waals surface area (Å²) in [6.45, 7) is 3.98. The summed E-state index contributed by atoms with van der Waals surface area (Å²) in [4.78, 5) is 0. The Kier molecular flexibility index (Phi) is 1.70. The Balaban J connectivity index is 2.63. The van der Waals surface area contributed by atoms with Crippen molar-refractivity contribution in [1.29, 1.82) is 0 Å². The van der Waals surface area contributed by atoms with Crippen LogP contribution in [0, 0.1) is 0 Å². The third-order valence-corrected chi connectivity index (χ3v) is 1.36. The minimum atomic E-state index is -0.179. The summed E-state index contributed by atoms with van der Waals surface area (Å²) in [6, 6.07) is 0. The number of hydrogen-bond donors (Lipinski definition) is 0. The highest BCUT2D eigenvalue weighted by atomic mass is 16.5. The van der Waals surface area contributed by atoms with E-state index in [1.165, 1.54) is 0 Å². The van der Waals surface area contributed by atoms with Crippen molar-refractivity contribution in [3.8, 4) is 0 Å². The van der Waals surface area contributed by atoms with Crippen LogP contribution in [0.1, 0.15) is 13.8 Å². The van der Waals surface area contributed by atoms with Crippen molar-refractivity contribution in [2.45, 2.75) is 19.4 Å². The molecule has 0 radical (unpaired) electrons. The van der Waals surface area contributed by atoms with Crippen LogP contribution in [0.15, 0.2) is 24.2 Å². The van der Waals surface area contributed by atoms with Crippen molar-refractivity contribution < 1.29 is 9.47 Å². The van der Waals surface area contributed by atoms with Crippen molar-refractivity contribution in [3.05, 3.63) is 24.2 Å². The average molecular weight is 140 g/mol. The van der Waals surface area contributed by atoms with E-state index in [2.05, 4.69) is 0 Å². The summed E-state index contributed by atoms with van der Waals surface area (Å²) >= 11 is 0. The van der Waals surface area contributed by atoms with Crippen LogP contribution in [0.5, 0.6) is 0 Å². The number of allylic oxidation sites excluding steroid dienone is 1. The standard InChI is InChI=1S/C8H12O2/c1-8(2)5-4-7(9-3)6-10-8/h4-6H,1-3H3. The second kappa shape index (κ2) is 2.37. The van der Waals surface area contributed by atoms with Crippen LogP contribution >= 0.6 is 0 Å². The van der Waals surface area contributed by atoms with Crippen LogP contribution in [0.2, 0.25) is 0 Å². The molecule has 0 aromatic heterocycles. The number of hydrogen-bond acceptors (Lipinski definition) is 2. The maximum atomic E-state index is 5.29. The van der Waals surface area contributed by atoms with Crippen LogP contribution in [-0.4, -0.2) is 12.7 Å². The van der Waals surface area contributed by atoms with Gasteiger partial charge in [0.15, 0.2) is 5.76 Å². The first-order chi connectivity index (χ1) is 4.64. The fourth-order valence-electron chi connectivity index (χ4n) is 0.687. The van der Waals surface area contributed by atoms with Gasteiger partial charge in [0.1, 0.15) is 11.9 Å². The molecule has 0 saturated carbocycles. The Morgan fingerprint density at radius 2 is 2.20 bits per heavy atom. The molecule has 0 spiro atoms. The summed E-state index contributed by atoms with van der Waals surface area (Å²) in [7, 11) is 1.62. The quantitative estimate of drug-likeness (QED) is 0.553. The van der Waals surface area contributed by atoms with Gasteiger partial charge in [-0.25, -0.2) is 0 Å². The lowest BCUT2D eigenvalue weighted by Crippen LogP contribution is -2.20. The van der Waals surface area contributed by atoms with E-state index >= 15 is 0 Å². The van der Waals surface area contributed by atoms with Gasteiger partial charge in [0.05, 0.1) is 7.11 Å². The van der Waals surface area contributed by atoms with Crippen molar-refractivity contribution in [1.82, 2.24) is 0 Å². The summed E-state index contributed by atoms with van der Waals surface area (Å²) < 4.78 is 10.2. The van der Waals surface area contributed by atoms with Gasteiger partial charge in [0, 0.05) is 0 Å². The molecule has 0 fully saturated rings. The Bertz CT molecular complexity index is 178. The normalized spacial score (nSPS) is 21.3. The highest BCUT2D eigenvalue weighted by molar-refractivity contribution is 5.17. The molecule has 2 heteroatoms. The summed E-state index contributed by atoms with van der Waals surface area (Å²) in [5.41, 5.74) is -0.179. The molecule has 0 atom stereocenters. The van der Waals surface area contributed by atoms with E-state index in [4.69, 9.17) is 9.47 Å². The van der Waals surface area contributed by atoms with Gasteiger partial charge in [-0.15, -0.1) is 0 Å². The SMILES string of the molecule is COC1=COC(C)(C)C=C1. The van der Waals surface area contributed by atoms with Crippen LogP contribution < -0.4 is 0 Å². The summed E-state index contributed by atoms with van der Waals surface area (Å²) in [6.07, 6.45) is 5.50. The molecule has 1 heterocycles. The lowest BCUT2D eigenvalue weighted by atomic mass is 10.1. The van der Waals surface area contributed by atoms with Crippen LogP contribution in [0.4, 0.5) is 0 Å². The molecule has 0 bridgehead atoms. The molecule has 1 rings (SSSR count). The summed E-state index contributed by atoms with van der Waals surface area (Å²) in [5, 5.41) is 0. The second-order valence-electron chi connectivity index (χ2n) is 2.78. The minimum Gasteiger partial charge on any atom is -0.494 e. The largest absolute Gasteiger partial charge is 0.494 e. The zero-order valence-electron chi connectivity index (χ0n) is 6.55. The zero-order valence-corrected chi connectivity index (χ0v) is 6.55. The lowest BCUT2D eigenvalue weighted by molar-refractivity contribution is 0.0877. The number of methoxy groups -OCH3 is 1. The maximum absolute atomic E-state index is 5.29. The van der Waals surface area contributed by atoms with Gasteiger partial charge in [-0.2, -0.15) is 0 Å². The van der Waals surface area contributed by atoms with E-state index in [9.17, 15) is 0 Å². The van der Waals surface area contributed by atoms with Gasteiger partial charge < -0.3 is 9.47 Å². The molecule has 10 heavy (non-hydrogen) atoms. The van der Waals surface area contributed by atoms with Crippen LogP contribution in [-0.2, 0) is 9.47 Å². The van der Waals surface area contributed by atoms with E-state index in [0.29, 0.717) is 0 Å². The molecule has 0 aromatic carbocycles. The Morgan fingerprint density at radius 1 is 1.50 bits per heavy atom. The van der Waals surface area contributed by atoms with E-state index in [1.807, 2.05) is 26.0 Å². The average Bonchev–Trinajstić information content (AvgIpc) is 1.88. The molecule has 0 aliphatic carbocycles. The molecule has 56 valence electrons. The van der Waals surface area contributed by atoms with E-state index < -0.39 is 0 Å². The third-order valence-electron chi connectivity index (χ3n) is 1.36. The molecular formula is C8H12O2. The summed E-state index contributed by atoms with van der Waals surface area (Å²) in [5.74, 6) is 0.763. The van der Waals surface area contributed by atoms with Crippen molar-refractivity contribution in [2.75, 3.05) is 7.11 Å².